The second-order valence-electron chi connectivity index (χ2n) is 7.01. The average Bonchev–Trinajstić information content (AvgIpc) is 3.21. The molecule has 0 radical (unpaired) electrons. The van der Waals surface area contributed by atoms with Gasteiger partial charge in [-0.2, -0.15) is 0 Å². The first-order valence-corrected chi connectivity index (χ1v) is 9.47. The smallest absolute Gasteiger partial charge is 0.230 e. The maximum absolute atomic E-state index is 11.8. The van der Waals surface area contributed by atoms with Crippen molar-refractivity contribution in [3.05, 3.63) is 72.4 Å². The lowest BCUT2D eigenvalue weighted by Crippen LogP contribution is -2.47. The van der Waals surface area contributed by atoms with E-state index in [4.69, 9.17) is 0 Å². The number of anilines is 1. The summed E-state index contributed by atoms with van der Waals surface area (Å²) in [5, 5.41) is 3.74. The second kappa shape index (κ2) is 8.18. The first kappa shape index (κ1) is 17.5. The molecule has 0 bridgehead atoms. The molecule has 1 saturated heterocycles. The number of hydrogen-bond donors (Lipinski definition) is 1. The molecule has 1 aliphatic rings. The van der Waals surface area contributed by atoms with Crippen molar-refractivity contribution in [3.63, 3.8) is 0 Å². The van der Waals surface area contributed by atoms with Crippen LogP contribution in [-0.4, -0.2) is 34.5 Å². The Kier molecular flexibility index (Phi) is 5.30. The highest BCUT2D eigenvalue weighted by molar-refractivity contribution is 5.72. The van der Waals surface area contributed by atoms with Gasteiger partial charge in [0.1, 0.15) is 5.82 Å². The number of benzene rings is 2. The molecule has 3 aromatic rings. The number of hydrazine groups is 1. The van der Waals surface area contributed by atoms with E-state index in [0.717, 1.165) is 50.1 Å². The van der Waals surface area contributed by atoms with Gasteiger partial charge in [0.15, 0.2) is 5.82 Å². The van der Waals surface area contributed by atoms with Crippen LogP contribution in [0.3, 0.4) is 0 Å². The predicted octanol–water partition coefficient (Wildman–Crippen LogP) is 3.91. The Morgan fingerprint density at radius 3 is 2.37 bits per heavy atom. The monoisotopic (exact) mass is 360 g/mol. The molecule has 0 unspecified atom stereocenters. The van der Waals surface area contributed by atoms with E-state index >= 15 is 0 Å². The predicted molar refractivity (Wildman–Crippen MR) is 107 cm³/mol. The number of nitrogens with one attached hydrogen (secondary N) is 1. The third-order valence-electron chi connectivity index (χ3n) is 5.21. The summed E-state index contributed by atoms with van der Waals surface area (Å²) < 4.78 is 0. The maximum Gasteiger partial charge on any atom is 0.230 e. The summed E-state index contributed by atoms with van der Waals surface area (Å²) in [6.45, 7) is 1.73. The molecule has 5 nitrogen and oxygen atoms in total. The lowest BCUT2D eigenvalue weighted by Gasteiger charge is -2.36. The number of carbonyl (C=O) groups excluding carboxylic acids is 1. The summed E-state index contributed by atoms with van der Waals surface area (Å²) in [6.07, 6.45) is 5.93. The van der Waals surface area contributed by atoms with E-state index in [2.05, 4.69) is 45.3 Å². The fourth-order valence-electron chi connectivity index (χ4n) is 3.73. The van der Waals surface area contributed by atoms with Crippen molar-refractivity contribution in [2.24, 2.45) is 5.92 Å². The average molecular weight is 360 g/mol. The molecule has 1 aliphatic heterocycles. The van der Waals surface area contributed by atoms with Gasteiger partial charge in [-0.05, 0) is 30.7 Å². The first-order chi connectivity index (χ1) is 13.3. The number of aromatic amines is 1. The summed E-state index contributed by atoms with van der Waals surface area (Å²) in [5.41, 5.74) is 2.40. The standard InChI is InChI=1S/C22H24N4O/c27-17-26(21-16-23-22(24-21)20-9-5-2-6-10-20)25-13-11-19(12-14-25)15-18-7-3-1-4-8-18/h1-10,16-17,19H,11-15H2,(H,23,24). The topological polar surface area (TPSA) is 52.2 Å². The van der Waals surface area contributed by atoms with E-state index in [9.17, 15) is 4.79 Å². The Bertz CT molecular complexity index is 854. The molecule has 4 rings (SSSR count). The number of imidazole rings is 1. The largest absolute Gasteiger partial charge is 0.343 e. The van der Waals surface area contributed by atoms with Crippen LogP contribution in [0.4, 0.5) is 5.82 Å². The van der Waals surface area contributed by atoms with Gasteiger partial charge in [-0.15, -0.1) is 0 Å². The molecule has 0 spiro atoms. The number of amides is 1. The van der Waals surface area contributed by atoms with Gasteiger partial charge in [0.2, 0.25) is 6.41 Å². The fraction of sp³-hybridized carbons (Fsp3) is 0.273. The minimum absolute atomic E-state index is 0.644. The normalized spacial score (nSPS) is 15.6. The van der Waals surface area contributed by atoms with E-state index in [1.54, 1.807) is 11.2 Å². The number of carbonyl (C=O) groups is 1. The molecule has 27 heavy (non-hydrogen) atoms. The van der Waals surface area contributed by atoms with Gasteiger partial charge in [0, 0.05) is 24.8 Å². The van der Waals surface area contributed by atoms with Gasteiger partial charge in [-0.1, -0.05) is 60.7 Å². The van der Waals surface area contributed by atoms with Crippen LogP contribution in [0, 0.1) is 5.92 Å². The highest BCUT2D eigenvalue weighted by atomic mass is 16.1. The number of piperidine rings is 1. The quantitative estimate of drug-likeness (QED) is 0.678. The number of H-pyrrole nitrogens is 1. The Morgan fingerprint density at radius 1 is 1.04 bits per heavy atom. The molecule has 1 N–H and O–H groups in total. The lowest BCUT2D eigenvalue weighted by molar-refractivity contribution is -0.110. The molecule has 138 valence electrons. The van der Waals surface area contributed by atoms with Crippen molar-refractivity contribution in [2.75, 3.05) is 18.1 Å². The van der Waals surface area contributed by atoms with Crippen molar-refractivity contribution >= 4 is 12.2 Å². The van der Waals surface area contributed by atoms with E-state index in [1.165, 1.54) is 5.56 Å². The van der Waals surface area contributed by atoms with Crippen LogP contribution >= 0.6 is 0 Å². The maximum atomic E-state index is 11.8. The molecule has 1 fully saturated rings. The Labute approximate surface area is 159 Å². The van der Waals surface area contributed by atoms with Gasteiger partial charge in [0.25, 0.3) is 0 Å². The molecular weight excluding hydrogens is 336 g/mol. The SMILES string of the molecule is O=CN(c1c[nH]c(-c2ccccc2)n1)N1CCC(Cc2ccccc2)CC1. The van der Waals surface area contributed by atoms with E-state index in [1.807, 2.05) is 30.3 Å². The highest BCUT2D eigenvalue weighted by Gasteiger charge is 2.25. The molecule has 1 aromatic heterocycles. The van der Waals surface area contributed by atoms with Crippen LogP contribution in [0.25, 0.3) is 11.4 Å². The van der Waals surface area contributed by atoms with E-state index in [0.29, 0.717) is 11.7 Å². The summed E-state index contributed by atoms with van der Waals surface area (Å²) in [6, 6.07) is 20.6. The van der Waals surface area contributed by atoms with Crippen LogP contribution in [0.5, 0.6) is 0 Å². The lowest BCUT2D eigenvalue weighted by atomic mass is 9.91. The van der Waals surface area contributed by atoms with Crippen molar-refractivity contribution in [3.8, 4) is 11.4 Å². The molecular formula is C22H24N4O. The Morgan fingerprint density at radius 2 is 1.70 bits per heavy atom. The second-order valence-corrected chi connectivity index (χ2v) is 7.01. The zero-order valence-electron chi connectivity index (χ0n) is 15.3. The first-order valence-electron chi connectivity index (χ1n) is 9.47. The summed E-state index contributed by atoms with van der Waals surface area (Å²) >= 11 is 0. The molecule has 2 heterocycles. The molecule has 5 heteroatoms. The summed E-state index contributed by atoms with van der Waals surface area (Å²) in [7, 11) is 0. The summed E-state index contributed by atoms with van der Waals surface area (Å²) in [5.74, 6) is 2.08. The third-order valence-corrected chi connectivity index (χ3v) is 5.21. The van der Waals surface area contributed by atoms with Crippen LogP contribution < -0.4 is 5.01 Å². The van der Waals surface area contributed by atoms with Crippen LogP contribution in [-0.2, 0) is 11.2 Å². The van der Waals surface area contributed by atoms with Crippen LogP contribution in [0.1, 0.15) is 18.4 Å². The van der Waals surface area contributed by atoms with Gasteiger partial charge >= 0.3 is 0 Å². The van der Waals surface area contributed by atoms with Gasteiger partial charge in [-0.3, -0.25) is 4.79 Å². The van der Waals surface area contributed by atoms with Crippen molar-refractivity contribution in [2.45, 2.75) is 19.3 Å². The van der Waals surface area contributed by atoms with E-state index < -0.39 is 0 Å². The molecule has 0 atom stereocenters. The molecule has 0 saturated carbocycles. The van der Waals surface area contributed by atoms with Crippen molar-refractivity contribution in [1.29, 1.82) is 0 Å². The van der Waals surface area contributed by atoms with Gasteiger partial charge in [-0.25, -0.2) is 15.0 Å². The Balaban J connectivity index is 1.39. The fourth-order valence-corrected chi connectivity index (χ4v) is 3.73. The zero-order chi connectivity index (χ0) is 18.5. The summed E-state index contributed by atoms with van der Waals surface area (Å²) in [4.78, 5) is 19.5. The van der Waals surface area contributed by atoms with Crippen molar-refractivity contribution in [1.82, 2.24) is 15.0 Å². The number of rotatable bonds is 6. The van der Waals surface area contributed by atoms with E-state index in [-0.39, 0.29) is 0 Å². The molecule has 0 aliphatic carbocycles. The van der Waals surface area contributed by atoms with Crippen molar-refractivity contribution < 1.29 is 4.79 Å². The van der Waals surface area contributed by atoms with Crippen LogP contribution in [0.2, 0.25) is 0 Å². The number of hydrogen-bond acceptors (Lipinski definition) is 3. The van der Waals surface area contributed by atoms with Gasteiger partial charge in [0.05, 0.1) is 0 Å². The zero-order valence-corrected chi connectivity index (χ0v) is 15.3. The highest BCUT2D eigenvalue weighted by Crippen LogP contribution is 2.25. The van der Waals surface area contributed by atoms with Crippen LogP contribution in [0.15, 0.2) is 66.9 Å². The minimum atomic E-state index is 0.644. The Hall–Kier alpha value is -2.92. The number of nitrogens with zero attached hydrogens (tertiary/aromatic N) is 3. The molecule has 2 aromatic carbocycles. The number of aromatic nitrogens is 2. The van der Waals surface area contributed by atoms with Gasteiger partial charge < -0.3 is 4.98 Å². The third kappa shape index (κ3) is 4.09. The molecule has 1 amide bonds. The minimum Gasteiger partial charge on any atom is -0.343 e.